The fraction of sp³-hybridized carbons (Fsp3) is 0.722. The van der Waals surface area contributed by atoms with Gasteiger partial charge in [0.15, 0.2) is 0 Å². The molecule has 1 fully saturated rings. The van der Waals surface area contributed by atoms with Crippen molar-refractivity contribution in [1.29, 1.82) is 0 Å². The zero-order valence-electron chi connectivity index (χ0n) is 15.2. The van der Waals surface area contributed by atoms with Crippen molar-refractivity contribution in [2.24, 2.45) is 5.92 Å². The molecule has 0 radical (unpaired) electrons. The van der Waals surface area contributed by atoms with E-state index in [1.54, 1.807) is 0 Å². The molecule has 2 bridgehead atoms. The maximum absolute atomic E-state index is 11.7. The molecule has 1 unspecified atom stereocenters. The number of allylic oxidation sites excluding steroid dienone is 1. The van der Waals surface area contributed by atoms with Gasteiger partial charge in [0, 0.05) is 39.5 Å². The van der Waals surface area contributed by atoms with Crippen molar-refractivity contribution < 1.29 is 38.1 Å². The Balaban J connectivity index is 1.97. The first-order valence-electron chi connectivity index (χ1n) is 8.87. The maximum Gasteiger partial charge on any atom is 0.317 e. The molecule has 0 amide bonds. The first-order chi connectivity index (χ1) is 12.3. The van der Waals surface area contributed by atoms with E-state index in [9.17, 15) is 14.4 Å². The van der Waals surface area contributed by atoms with Crippen molar-refractivity contribution in [2.45, 2.75) is 71.1 Å². The number of ether oxygens (including phenoxy) is 5. The Morgan fingerprint density at radius 3 is 2.46 bits per heavy atom. The van der Waals surface area contributed by atoms with Gasteiger partial charge in [-0.2, -0.15) is 0 Å². The molecule has 3 aliphatic rings. The lowest BCUT2D eigenvalue weighted by molar-refractivity contribution is -0.368. The van der Waals surface area contributed by atoms with Crippen LogP contribution < -0.4 is 0 Å². The third kappa shape index (κ3) is 3.70. The molecule has 0 N–H and O–H groups in total. The van der Waals surface area contributed by atoms with Crippen LogP contribution in [0.1, 0.15) is 52.9 Å². The van der Waals surface area contributed by atoms with E-state index in [2.05, 4.69) is 0 Å². The highest BCUT2D eigenvalue weighted by molar-refractivity contribution is 5.67. The normalized spacial score (nSPS) is 32.8. The molecule has 26 heavy (non-hydrogen) atoms. The summed E-state index contributed by atoms with van der Waals surface area (Å²) in [5, 5.41) is 0. The Bertz CT molecular complexity index is 639. The van der Waals surface area contributed by atoms with E-state index in [0.29, 0.717) is 0 Å². The maximum atomic E-state index is 11.7. The van der Waals surface area contributed by atoms with Gasteiger partial charge in [0.05, 0.1) is 0 Å². The number of esters is 3. The van der Waals surface area contributed by atoms with E-state index >= 15 is 0 Å². The predicted octanol–water partition coefficient (Wildman–Crippen LogP) is 1.96. The molecular weight excluding hydrogens is 344 g/mol. The molecule has 1 aliphatic carbocycles. The van der Waals surface area contributed by atoms with Crippen molar-refractivity contribution in [1.82, 2.24) is 0 Å². The molecule has 0 aromatic carbocycles. The minimum Gasteiger partial charge on any atom is -0.463 e. The van der Waals surface area contributed by atoms with Crippen molar-refractivity contribution >= 4 is 17.9 Å². The van der Waals surface area contributed by atoms with Crippen LogP contribution >= 0.6 is 0 Å². The molecule has 0 aromatic heterocycles. The Kier molecular flexibility index (Phi) is 5.22. The summed E-state index contributed by atoms with van der Waals surface area (Å²) < 4.78 is 27.9. The highest BCUT2D eigenvalue weighted by atomic mass is 16.8. The number of hydrogen-bond donors (Lipinski definition) is 0. The standard InChI is InChI=1S/C18H24O8/c1-10(19)22-9-16-14-8-18(25-12(3)21,17(24-16)23-11(2)20)26-15-7-5-4-6-13(14)15/h14,16-17H,4-9H2,1-3H3/t14?,16-,17+,18-/m1/s1. The highest BCUT2D eigenvalue weighted by Gasteiger charge is 2.60. The van der Waals surface area contributed by atoms with Crippen LogP contribution in [0.4, 0.5) is 0 Å². The fourth-order valence-electron chi connectivity index (χ4n) is 3.92. The lowest BCUT2D eigenvalue weighted by atomic mass is 9.76. The van der Waals surface area contributed by atoms with Crippen molar-refractivity contribution in [2.75, 3.05) is 6.61 Å². The third-order valence-corrected chi connectivity index (χ3v) is 4.85. The van der Waals surface area contributed by atoms with Gasteiger partial charge in [0.25, 0.3) is 6.29 Å². The Morgan fingerprint density at radius 2 is 1.81 bits per heavy atom. The second-order valence-corrected chi connectivity index (χ2v) is 6.89. The molecular formula is C18H24O8. The van der Waals surface area contributed by atoms with Crippen LogP contribution in [0.15, 0.2) is 11.3 Å². The number of hydrogen-bond acceptors (Lipinski definition) is 8. The quantitative estimate of drug-likeness (QED) is 0.549. The number of carbonyl (C=O) groups is 3. The average Bonchev–Trinajstić information content (AvgIpc) is 2.55. The third-order valence-electron chi connectivity index (χ3n) is 4.85. The van der Waals surface area contributed by atoms with Crippen LogP contribution in [-0.4, -0.2) is 42.7 Å². The van der Waals surface area contributed by atoms with Gasteiger partial charge < -0.3 is 23.7 Å². The summed E-state index contributed by atoms with van der Waals surface area (Å²) >= 11 is 0. The first-order valence-corrected chi connectivity index (χ1v) is 8.87. The van der Waals surface area contributed by atoms with E-state index < -0.39 is 36.1 Å². The largest absolute Gasteiger partial charge is 0.463 e. The number of carbonyl (C=O) groups excluding carboxylic acids is 3. The second kappa shape index (κ2) is 7.26. The monoisotopic (exact) mass is 368 g/mol. The zero-order valence-corrected chi connectivity index (χ0v) is 15.2. The van der Waals surface area contributed by atoms with Gasteiger partial charge in [-0.05, 0) is 24.8 Å². The van der Waals surface area contributed by atoms with Gasteiger partial charge in [-0.1, -0.05) is 0 Å². The van der Waals surface area contributed by atoms with Gasteiger partial charge in [0.2, 0.25) is 0 Å². The van der Waals surface area contributed by atoms with Crippen molar-refractivity contribution in [3.8, 4) is 0 Å². The Morgan fingerprint density at radius 1 is 1.08 bits per heavy atom. The van der Waals surface area contributed by atoms with Crippen molar-refractivity contribution in [3.63, 3.8) is 0 Å². The molecule has 8 heteroatoms. The molecule has 2 heterocycles. The van der Waals surface area contributed by atoms with Gasteiger partial charge in [-0.3, -0.25) is 14.4 Å². The smallest absolute Gasteiger partial charge is 0.317 e. The summed E-state index contributed by atoms with van der Waals surface area (Å²) in [6, 6.07) is 0. The highest BCUT2D eigenvalue weighted by Crippen LogP contribution is 2.50. The summed E-state index contributed by atoms with van der Waals surface area (Å²) in [6.45, 7) is 3.87. The molecule has 1 saturated heterocycles. The van der Waals surface area contributed by atoms with E-state index in [-0.39, 0.29) is 18.9 Å². The molecule has 8 nitrogen and oxygen atoms in total. The molecule has 4 atom stereocenters. The fourth-order valence-corrected chi connectivity index (χ4v) is 3.92. The van der Waals surface area contributed by atoms with Gasteiger partial charge in [-0.15, -0.1) is 0 Å². The van der Waals surface area contributed by atoms with Gasteiger partial charge in [-0.25, -0.2) is 0 Å². The average molecular weight is 368 g/mol. The predicted molar refractivity (Wildman–Crippen MR) is 86.2 cm³/mol. The van der Waals surface area contributed by atoms with Crippen molar-refractivity contribution in [3.05, 3.63) is 11.3 Å². The molecule has 2 aliphatic heterocycles. The SMILES string of the molecule is CC(=O)OC[C@H]1O[C@H](OC(C)=O)[C@@]2(OC(C)=O)CC1C1=C(CCCC1)O2. The summed E-state index contributed by atoms with van der Waals surface area (Å²) in [5.41, 5.74) is 1.11. The van der Waals surface area contributed by atoms with E-state index in [4.69, 9.17) is 23.7 Å². The van der Waals surface area contributed by atoms with Gasteiger partial charge in [0.1, 0.15) is 18.5 Å². The van der Waals surface area contributed by atoms with E-state index in [1.807, 2.05) is 0 Å². The minimum absolute atomic E-state index is 0.0324. The minimum atomic E-state index is -1.51. The van der Waals surface area contributed by atoms with Gasteiger partial charge >= 0.3 is 23.7 Å². The van der Waals surface area contributed by atoms with Crippen LogP contribution in [-0.2, 0) is 38.1 Å². The van der Waals surface area contributed by atoms with Crippen LogP contribution in [0, 0.1) is 5.92 Å². The molecule has 3 rings (SSSR count). The van der Waals surface area contributed by atoms with Crippen LogP contribution in [0.25, 0.3) is 0 Å². The van der Waals surface area contributed by atoms with Crippen LogP contribution in [0.5, 0.6) is 0 Å². The topological polar surface area (TPSA) is 97.4 Å². The molecule has 0 saturated carbocycles. The number of fused-ring (bicyclic) bond motifs is 3. The first kappa shape index (κ1) is 18.7. The van der Waals surface area contributed by atoms with E-state index in [0.717, 1.165) is 37.0 Å². The summed E-state index contributed by atoms with van der Waals surface area (Å²) in [6.07, 6.45) is 2.14. The van der Waals surface area contributed by atoms with Crippen LogP contribution in [0.3, 0.4) is 0 Å². The lowest BCUT2D eigenvalue weighted by Crippen LogP contribution is -2.62. The Labute approximate surface area is 151 Å². The number of rotatable bonds is 4. The Hall–Kier alpha value is -2.09. The molecule has 0 aromatic rings. The molecule has 144 valence electrons. The van der Waals surface area contributed by atoms with Crippen LogP contribution in [0.2, 0.25) is 0 Å². The zero-order chi connectivity index (χ0) is 18.9. The molecule has 0 spiro atoms. The summed E-state index contributed by atoms with van der Waals surface area (Å²) in [5.74, 6) is -2.43. The summed E-state index contributed by atoms with van der Waals surface area (Å²) in [4.78, 5) is 34.5. The second-order valence-electron chi connectivity index (χ2n) is 6.89. The lowest BCUT2D eigenvalue weighted by Gasteiger charge is -2.51. The summed E-state index contributed by atoms with van der Waals surface area (Å²) in [7, 11) is 0. The van der Waals surface area contributed by atoms with E-state index in [1.165, 1.54) is 20.8 Å².